The average Bonchev–Trinajstić information content (AvgIpc) is 2.70. The van der Waals surface area contributed by atoms with Gasteiger partial charge in [-0.2, -0.15) is 11.8 Å². The van der Waals surface area contributed by atoms with E-state index in [4.69, 9.17) is 0 Å². The topological polar surface area (TPSA) is 24.9 Å². The Hall–Kier alpha value is -0.0600. The van der Waals surface area contributed by atoms with Crippen molar-refractivity contribution in [2.75, 3.05) is 18.1 Å². The highest BCUT2D eigenvalue weighted by Crippen LogP contribution is 2.21. The number of aromatic nitrogens is 1. The zero-order valence-corrected chi connectivity index (χ0v) is 11.4. The molecule has 0 aliphatic rings. The van der Waals surface area contributed by atoms with E-state index in [1.165, 1.54) is 22.9 Å². The van der Waals surface area contributed by atoms with E-state index in [9.17, 15) is 0 Å². The summed E-state index contributed by atoms with van der Waals surface area (Å²) in [5, 5.41) is 6.76. The number of nitrogens with zero attached hydrogens (tertiary/aromatic N) is 1. The fraction of sp³-hybridized carbons (Fsp3) is 0.727. The molecule has 1 N–H and O–H groups in total. The minimum atomic E-state index is 0.0189. The minimum absolute atomic E-state index is 0.0189. The third-order valence-corrected chi connectivity index (χ3v) is 4.29. The second-order valence-corrected chi connectivity index (χ2v) is 6.23. The van der Waals surface area contributed by atoms with E-state index in [1.807, 2.05) is 23.3 Å². The summed E-state index contributed by atoms with van der Waals surface area (Å²) in [6.07, 6.45) is 3.10. The van der Waals surface area contributed by atoms with E-state index >= 15 is 0 Å². The second-order valence-electron chi connectivity index (χ2n) is 3.94. The Balaban J connectivity index is 2.25. The van der Waals surface area contributed by atoms with Crippen molar-refractivity contribution in [3.63, 3.8) is 0 Å². The number of thioether (sulfide) groups is 1. The summed E-state index contributed by atoms with van der Waals surface area (Å²) in [6.45, 7) is 7.66. The molecule has 0 saturated carbocycles. The molecule has 0 spiro atoms. The molecule has 4 heteroatoms. The summed E-state index contributed by atoms with van der Waals surface area (Å²) in [7, 11) is 0. The summed E-state index contributed by atoms with van der Waals surface area (Å²) in [4.78, 5) is 4.35. The van der Waals surface area contributed by atoms with Crippen molar-refractivity contribution >= 4 is 23.1 Å². The number of hydrogen-bond donors (Lipinski definition) is 1. The molecule has 0 aliphatic carbocycles. The van der Waals surface area contributed by atoms with Crippen LogP contribution in [0, 0.1) is 0 Å². The van der Waals surface area contributed by atoms with Gasteiger partial charge in [0.15, 0.2) is 0 Å². The molecule has 0 amide bonds. The third-order valence-electron chi connectivity index (χ3n) is 2.20. The van der Waals surface area contributed by atoms with E-state index in [-0.39, 0.29) is 5.54 Å². The van der Waals surface area contributed by atoms with Gasteiger partial charge in [-0.3, -0.25) is 0 Å². The Labute approximate surface area is 101 Å². The lowest BCUT2D eigenvalue weighted by atomic mass is 10.1. The van der Waals surface area contributed by atoms with Crippen molar-refractivity contribution < 1.29 is 0 Å². The van der Waals surface area contributed by atoms with Crippen LogP contribution in [0.1, 0.15) is 32.2 Å². The summed E-state index contributed by atoms with van der Waals surface area (Å²) in [5.41, 5.74) is 0.0189. The van der Waals surface area contributed by atoms with Gasteiger partial charge in [0, 0.05) is 11.6 Å². The maximum absolute atomic E-state index is 4.35. The van der Waals surface area contributed by atoms with Crippen LogP contribution in [0.5, 0.6) is 0 Å². The zero-order valence-electron chi connectivity index (χ0n) is 9.75. The Morgan fingerprint density at radius 3 is 2.93 bits per heavy atom. The molecule has 0 aliphatic heterocycles. The molecule has 1 rings (SSSR count). The summed E-state index contributed by atoms with van der Waals surface area (Å²) in [6, 6.07) is 0. The standard InChI is InChI=1S/C11H20N2S2/c1-4-14-8-5-6-13-11(2,3)10-12-7-9-15-10/h7,9,13H,4-6,8H2,1-3H3. The molecule has 0 unspecified atom stereocenters. The largest absolute Gasteiger partial charge is 0.306 e. The fourth-order valence-corrected chi connectivity index (χ4v) is 2.70. The van der Waals surface area contributed by atoms with Crippen LogP contribution >= 0.6 is 23.1 Å². The van der Waals surface area contributed by atoms with Gasteiger partial charge < -0.3 is 5.32 Å². The van der Waals surface area contributed by atoms with Crippen molar-refractivity contribution in [2.24, 2.45) is 0 Å². The highest BCUT2D eigenvalue weighted by molar-refractivity contribution is 7.99. The molecular weight excluding hydrogens is 224 g/mol. The lowest BCUT2D eigenvalue weighted by Crippen LogP contribution is -2.37. The van der Waals surface area contributed by atoms with Crippen LogP contribution in [-0.4, -0.2) is 23.0 Å². The van der Waals surface area contributed by atoms with Crippen LogP contribution in [0.4, 0.5) is 0 Å². The maximum atomic E-state index is 4.35. The molecular formula is C11H20N2S2. The fourth-order valence-electron chi connectivity index (χ4n) is 1.33. The number of rotatable bonds is 7. The Bertz CT molecular complexity index is 258. The number of thiazole rings is 1. The first kappa shape index (κ1) is 13.0. The highest BCUT2D eigenvalue weighted by atomic mass is 32.2. The summed E-state index contributed by atoms with van der Waals surface area (Å²) >= 11 is 3.72. The predicted octanol–water partition coefficient (Wildman–Crippen LogP) is 3.11. The predicted molar refractivity (Wildman–Crippen MR) is 70.8 cm³/mol. The molecule has 0 fully saturated rings. The van der Waals surface area contributed by atoms with Gasteiger partial charge in [0.05, 0.1) is 5.54 Å². The average molecular weight is 244 g/mol. The van der Waals surface area contributed by atoms with Crippen LogP contribution in [0.3, 0.4) is 0 Å². The molecule has 0 radical (unpaired) electrons. The molecule has 0 atom stereocenters. The Morgan fingerprint density at radius 1 is 1.53 bits per heavy atom. The van der Waals surface area contributed by atoms with Crippen molar-refractivity contribution in [3.8, 4) is 0 Å². The van der Waals surface area contributed by atoms with Crippen molar-refractivity contribution in [3.05, 3.63) is 16.6 Å². The van der Waals surface area contributed by atoms with Gasteiger partial charge in [-0.1, -0.05) is 6.92 Å². The normalized spacial score (nSPS) is 11.9. The molecule has 86 valence electrons. The molecule has 0 aromatic carbocycles. The molecule has 2 nitrogen and oxygen atoms in total. The first-order valence-corrected chi connectivity index (χ1v) is 7.43. The first-order chi connectivity index (χ1) is 7.17. The smallest absolute Gasteiger partial charge is 0.112 e. The van der Waals surface area contributed by atoms with E-state index in [0.717, 1.165) is 6.54 Å². The first-order valence-electron chi connectivity index (χ1n) is 5.39. The zero-order chi connectivity index (χ0) is 11.1. The van der Waals surface area contributed by atoms with E-state index < -0.39 is 0 Å². The molecule has 1 aromatic rings. The van der Waals surface area contributed by atoms with Crippen molar-refractivity contribution in [1.29, 1.82) is 0 Å². The number of hydrogen-bond acceptors (Lipinski definition) is 4. The van der Waals surface area contributed by atoms with E-state index in [0.29, 0.717) is 0 Å². The molecule has 15 heavy (non-hydrogen) atoms. The van der Waals surface area contributed by atoms with Gasteiger partial charge in [0.25, 0.3) is 0 Å². The number of nitrogens with one attached hydrogen (secondary N) is 1. The van der Waals surface area contributed by atoms with Crippen LogP contribution in [0.15, 0.2) is 11.6 Å². The van der Waals surface area contributed by atoms with Crippen LogP contribution in [0.25, 0.3) is 0 Å². The van der Waals surface area contributed by atoms with Gasteiger partial charge in [-0.15, -0.1) is 11.3 Å². The van der Waals surface area contributed by atoms with E-state index in [2.05, 4.69) is 31.1 Å². The summed E-state index contributed by atoms with van der Waals surface area (Å²) in [5.74, 6) is 2.47. The van der Waals surface area contributed by atoms with Gasteiger partial charge in [-0.05, 0) is 38.3 Å². The van der Waals surface area contributed by atoms with Gasteiger partial charge in [-0.25, -0.2) is 4.98 Å². The van der Waals surface area contributed by atoms with Crippen LogP contribution in [0.2, 0.25) is 0 Å². The quantitative estimate of drug-likeness (QED) is 0.746. The van der Waals surface area contributed by atoms with E-state index in [1.54, 1.807) is 11.3 Å². The molecule has 1 aromatic heterocycles. The van der Waals surface area contributed by atoms with Crippen LogP contribution < -0.4 is 5.32 Å². The molecule has 0 bridgehead atoms. The van der Waals surface area contributed by atoms with Crippen LogP contribution in [-0.2, 0) is 5.54 Å². The minimum Gasteiger partial charge on any atom is -0.306 e. The monoisotopic (exact) mass is 244 g/mol. The summed E-state index contributed by atoms with van der Waals surface area (Å²) < 4.78 is 0. The second kappa shape index (κ2) is 6.51. The highest BCUT2D eigenvalue weighted by Gasteiger charge is 2.21. The lowest BCUT2D eigenvalue weighted by Gasteiger charge is -2.23. The molecule has 0 saturated heterocycles. The van der Waals surface area contributed by atoms with Crippen molar-refractivity contribution in [2.45, 2.75) is 32.7 Å². The van der Waals surface area contributed by atoms with Gasteiger partial charge in [0.1, 0.15) is 5.01 Å². The Kier molecular flexibility index (Phi) is 5.64. The lowest BCUT2D eigenvalue weighted by molar-refractivity contribution is 0.403. The van der Waals surface area contributed by atoms with Crippen molar-refractivity contribution in [1.82, 2.24) is 10.3 Å². The van der Waals surface area contributed by atoms with Gasteiger partial charge in [0.2, 0.25) is 0 Å². The SMILES string of the molecule is CCSCCCNC(C)(C)c1nccs1. The Morgan fingerprint density at radius 2 is 2.33 bits per heavy atom. The third kappa shape index (κ3) is 4.53. The van der Waals surface area contributed by atoms with Gasteiger partial charge >= 0.3 is 0 Å². The molecule has 1 heterocycles. The maximum Gasteiger partial charge on any atom is 0.112 e.